The van der Waals surface area contributed by atoms with Crippen LogP contribution in [0, 0.1) is 0 Å². The first-order valence-corrected chi connectivity index (χ1v) is 9.94. The van der Waals surface area contributed by atoms with E-state index in [1.165, 1.54) is 17.6 Å². The number of anilines is 1. The Morgan fingerprint density at radius 3 is 2.68 bits per heavy atom. The van der Waals surface area contributed by atoms with Gasteiger partial charge in [-0.05, 0) is 43.7 Å². The van der Waals surface area contributed by atoms with Gasteiger partial charge in [0.2, 0.25) is 5.91 Å². The predicted molar refractivity (Wildman–Crippen MR) is 110 cm³/mol. The Labute approximate surface area is 175 Å². The molecule has 3 rings (SSSR count). The fraction of sp³-hybridized carbons (Fsp3) is 0.211. The number of aromatic nitrogens is 1. The number of halogens is 2. The molecule has 2 heterocycles. The molecule has 2 N–H and O–H groups in total. The molecule has 146 valence electrons. The Morgan fingerprint density at radius 2 is 2.00 bits per heavy atom. The number of benzene rings is 1. The lowest BCUT2D eigenvalue weighted by Crippen LogP contribution is -2.41. The summed E-state index contributed by atoms with van der Waals surface area (Å²) in [7, 11) is 0. The normalized spacial score (nSPS) is 11.3. The van der Waals surface area contributed by atoms with Gasteiger partial charge in [0.1, 0.15) is 0 Å². The quantitative estimate of drug-likeness (QED) is 0.574. The number of amides is 2. The van der Waals surface area contributed by atoms with E-state index < -0.39 is 11.4 Å². The van der Waals surface area contributed by atoms with E-state index in [2.05, 4.69) is 15.6 Å². The Balaban J connectivity index is 1.61. The zero-order chi connectivity index (χ0) is 20.3. The van der Waals surface area contributed by atoms with E-state index in [-0.39, 0.29) is 18.1 Å². The molecule has 0 aliphatic rings. The highest BCUT2D eigenvalue weighted by Crippen LogP contribution is 2.28. The van der Waals surface area contributed by atoms with Gasteiger partial charge in [0, 0.05) is 5.38 Å². The third-order valence-electron chi connectivity index (χ3n) is 3.95. The smallest absolute Gasteiger partial charge is 0.293 e. The van der Waals surface area contributed by atoms with Gasteiger partial charge in [-0.2, -0.15) is 0 Å². The van der Waals surface area contributed by atoms with Crippen molar-refractivity contribution in [1.29, 1.82) is 0 Å². The van der Waals surface area contributed by atoms with Gasteiger partial charge in [-0.15, -0.1) is 11.3 Å². The zero-order valence-corrected chi connectivity index (χ0v) is 17.4. The lowest BCUT2D eigenvalue weighted by molar-refractivity contribution is -0.122. The van der Waals surface area contributed by atoms with Crippen molar-refractivity contribution >= 4 is 51.5 Å². The van der Waals surface area contributed by atoms with E-state index >= 15 is 0 Å². The van der Waals surface area contributed by atoms with Crippen molar-refractivity contribution in [2.24, 2.45) is 0 Å². The minimum Gasteiger partial charge on any atom is -0.459 e. The lowest BCUT2D eigenvalue weighted by Gasteiger charge is -2.27. The molecule has 1 aromatic carbocycles. The molecular weight excluding hydrogens is 421 g/mol. The first kappa shape index (κ1) is 20.4. The average Bonchev–Trinajstić information content (AvgIpc) is 3.28. The molecule has 0 aliphatic heterocycles. The number of rotatable bonds is 6. The maximum absolute atomic E-state index is 12.5. The third kappa shape index (κ3) is 4.92. The number of furan rings is 1. The lowest BCUT2D eigenvalue weighted by atomic mass is 9.94. The van der Waals surface area contributed by atoms with Crippen LogP contribution >= 0.6 is 34.5 Å². The predicted octanol–water partition coefficient (Wildman–Crippen LogP) is 4.89. The molecule has 0 atom stereocenters. The summed E-state index contributed by atoms with van der Waals surface area (Å²) in [6.07, 6.45) is 1.50. The molecule has 0 aliphatic carbocycles. The molecule has 0 spiro atoms. The minimum absolute atomic E-state index is 0.0812. The van der Waals surface area contributed by atoms with Crippen LogP contribution in [0.3, 0.4) is 0 Å². The number of hydrogen-bond donors (Lipinski definition) is 2. The fourth-order valence-corrected chi connectivity index (χ4v) is 3.53. The van der Waals surface area contributed by atoms with Crippen LogP contribution < -0.4 is 10.6 Å². The molecule has 3 aromatic rings. The first-order chi connectivity index (χ1) is 13.2. The molecule has 0 saturated heterocycles. The maximum atomic E-state index is 12.5. The second-order valence-corrected chi connectivity index (χ2v) is 8.23. The summed E-state index contributed by atoms with van der Waals surface area (Å²) in [5.41, 5.74) is 0.750. The molecule has 0 bridgehead atoms. The van der Waals surface area contributed by atoms with Gasteiger partial charge in [0.25, 0.3) is 5.91 Å². The van der Waals surface area contributed by atoms with E-state index in [0.717, 1.165) is 5.56 Å². The number of carbonyl (C=O) groups is 2. The standard InChI is InChI=1S/C19H17Cl2N3O3S/c1-19(2,11-5-6-13(20)14(21)8-11)24-16(25)9-12-10-28-18(22-12)23-17(26)15-4-3-7-27-15/h3-8,10H,9H2,1-2H3,(H,24,25)(H,22,23,26). The molecule has 0 radical (unpaired) electrons. The van der Waals surface area contributed by atoms with Crippen molar-refractivity contribution < 1.29 is 14.0 Å². The SMILES string of the molecule is CC(C)(NC(=O)Cc1csc(NC(=O)c2ccco2)n1)c1ccc(Cl)c(Cl)c1. The minimum atomic E-state index is -0.641. The summed E-state index contributed by atoms with van der Waals surface area (Å²) in [6, 6.07) is 8.43. The van der Waals surface area contributed by atoms with E-state index in [1.807, 2.05) is 19.9 Å². The van der Waals surface area contributed by atoms with Crippen molar-refractivity contribution in [3.05, 3.63) is 69.0 Å². The monoisotopic (exact) mass is 437 g/mol. The second-order valence-electron chi connectivity index (χ2n) is 6.55. The number of hydrogen-bond acceptors (Lipinski definition) is 5. The molecule has 0 saturated carbocycles. The number of nitrogens with zero attached hydrogens (tertiary/aromatic N) is 1. The molecular formula is C19H17Cl2N3O3S. The van der Waals surface area contributed by atoms with Crippen LogP contribution in [0.1, 0.15) is 35.7 Å². The fourth-order valence-electron chi connectivity index (χ4n) is 2.53. The molecule has 0 unspecified atom stereocenters. The molecule has 9 heteroatoms. The summed E-state index contributed by atoms with van der Waals surface area (Å²) >= 11 is 13.3. The van der Waals surface area contributed by atoms with Crippen LogP contribution in [-0.2, 0) is 16.8 Å². The van der Waals surface area contributed by atoms with Crippen molar-refractivity contribution in [1.82, 2.24) is 10.3 Å². The highest BCUT2D eigenvalue weighted by molar-refractivity contribution is 7.14. The highest BCUT2D eigenvalue weighted by Gasteiger charge is 2.24. The average molecular weight is 438 g/mol. The van der Waals surface area contributed by atoms with Crippen LogP contribution in [0.5, 0.6) is 0 Å². The van der Waals surface area contributed by atoms with E-state index in [9.17, 15) is 9.59 Å². The Bertz CT molecular complexity index is 1000. The second kappa shape index (κ2) is 8.34. The van der Waals surface area contributed by atoms with Crippen molar-refractivity contribution in [2.75, 3.05) is 5.32 Å². The molecule has 0 fully saturated rings. The van der Waals surface area contributed by atoms with E-state index in [4.69, 9.17) is 27.6 Å². The van der Waals surface area contributed by atoms with Crippen LogP contribution in [0.2, 0.25) is 10.0 Å². The van der Waals surface area contributed by atoms with Gasteiger partial charge in [-0.25, -0.2) is 4.98 Å². The molecule has 28 heavy (non-hydrogen) atoms. The summed E-state index contributed by atoms with van der Waals surface area (Å²) in [5.74, 6) is -0.403. The number of nitrogens with one attached hydrogen (secondary N) is 2. The van der Waals surface area contributed by atoms with Crippen molar-refractivity contribution in [2.45, 2.75) is 25.8 Å². The number of carbonyl (C=O) groups excluding carboxylic acids is 2. The summed E-state index contributed by atoms with van der Waals surface area (Å²) in [5, 5.41) is 8.61. The van der Waals surface area contributed by atoms with Gasteiger partial charge < -0.3 is 9.73 Å². The van der Waals surface area contributed by atoms with E-state index in [1.54, 1.807) is 29.6 Å². The largest absolute Gasteiger partial charge is 0.459 e. The summed E-state index contributed by atoms with van der Waals surface area (Å²) in [6.45, 7) is 3.75. The van der Waals surface area contributed by atoms with Crippen molar-refractivity contribution in [3.8, 4) is 0 Å². The van der Waals surface area contributed by atoms with Gasteiger partial charge in [-0.1, -0.05) is 29.3 Å². The van der Waals surface area contributed by atoms with Gasteiger partial charge in [0.15, 0.2) is 10.9 Å². The molecule has 6 nitrogen and oxygen atoms in total. The van der Waals surface area contributed by atoms with Crippen molar-refractivity contribution in [3.63, 3.8) is 0 Å². The Kier molecular flexibility index (Phi) is 6.07. The van der Waals surface area contributed by atoms with Crippen LogP contribution in [-0.4, -0.2) is 16.8 Å². The Morgan fingerprint density at radius 1 is 1.21 bits per heavy atom. The number of thiazole rings is 1. The highest BCUT2D eigenvalue weighted by atomic mass is 35.5. The Hall–Kier alpha value is -2.35. The summed E-state index contributed by atoms with van der Waals surface area (Å²) < 4.78 is 5.03. The molecule has 2 aromatic heterocycles. The topological polar surface area (TPSA) is 84.2 Å². The molecule has 2 amide bonds. The first-order valence-electron chi connectivity index (χ1n) is 8.30. The van der Waals surface area contributed by atoms with Crippen LogP contribution in [0.4, 0.5) is 5.13 Å². The summed E-state index contributed by atoms with van der Waals surface area (Å²) in [4.78, 5) is 28.7. The van der Waals surface area contributed by atoms with E-state index in [0.29, 0.717) is 20.9 Å². The van der Waals surface area contributed by atoms with Gasteiger partial charge in [0.05, 0.1) is 34.0 Å². The van der Waals surface area contributed by atoms with Gasteiger partial charge >= 0.3 is 0 Å². The van der Waals surface area contributed by atoms with Crippen LogP contribution in [0.15, 0.2) is 46.4 Å². The third-order valence-corrected chi connectivity index (χ3v) is 5.50. The maximum Gasteiger partial charge on any atom is 0.293 e. The zero-order valence-electron chi connectivity index (χ0n) is 15.1. The van der Waals surface area contributed by atoms with Gasteiger partial charge in [-0.3, -0.25) is 14.9 Å². The van der Waals surface area contributed by atoms with Crippen LogP contribution in [0.25, 0.3) is 0 Å².